The van der Waals surface area contributed by atoms with E-state index in [1.165, 1.54) is 0 Å². The molecule has 0 saturated heterocycles. The molecule has 0 aliphatic heterocycles. The predicted octanol–water partition coefficient (Wildman–Crippen LogP) is 5.45. The van der Waals surface area contributed by atoms with E-state index in [-0.39, 0.29) is 28.7 Å². The van der Waals surface area contributed by atoms with Gasteiger partial charge in [0.1, 0.15) is 11.9 Å². The summed E-state index contributed by atoms with van der Waals surface area (Å²) in [6.07, 6.45) is 3.28. The summed E-state index contributed by atoms with van der Waals surface area (Å²) in [5.74, 6) is -0.534. The number of nitro benzene ring substituents is 1. The molecule has 0 N–H and O–H groups in total. The van der Waals surface area contributed by atoms with Crippen LogP contribution in [0.2, 0.25) is 18.1 Å². The highest BCUT2D eigenvalue weighted by Gasteiger charge is 2.40. The van der Waals surface area contributed by atoms with Gasteiger partial charge >= 0.3 is 5.69 Å². The minimum atomic E-state index is -1.88. The third kappa shape index (κ3) is 5.01. The molecule has 1 aromatic carbocycles. The first kappa shape index (κ1) is 19.8. The maximum atomic E-state index is 13.5. The summed E-state index contributed by atoms with van der Waals surface area (Å²) in [5, 5.41) is 11.2. The van der Waals surface area contributed by atoms with Crippen LogP contribution in [0.25, 0.3) is 0 Å². The molecule has 0 bridgehead atoms. The van der Waals surface area contributed by atoms with E-state index in [0.717, 1.165) is 37.5 Å². The Labute approximate surface area is 149 Å². The normalized spacial score (nSPS) is 21.8. The Kier molecular flexibility index (Phi) is 5.88. The van der Waals surface area contributed by atoms with Gasteiger partial charge in [0.05, 0.1) is 4.92 Å². The molecule has 0 spiro atoms. The molecule has 0 radical (unpaired) electrons. The van der Waals surface area contributed by atoms with Gasteiger partial charge in [0.15, 0.2) is 14.1 Å². The molecule has 2 rings (SSSR count). The monoisotopic (exact) mass is 369 g/mol. The summed E-state index contributed by atoms with van der Waals surface area (Å²) < 4.78 is 25.7. The first-order valence-corrected chi connectivity index (χ1v) is 11.7. The molecule has 0 amide bonds. The molecule has 140 valence electrons. The number of ether oxygens (including phenoxy) is 1. The highest BCUT2D eigenvalue weighted by Crippen LogP contribution is 2.40. The Morgan fingerprint density at radius 1 is 1.24 bits per heavy atom. The Balaban J connectivity index is 2.08. The summed E-state index contributed by atoms with van der Waals surface area (Å²) in [4.78, 5) is 10.6. The highest BCUT2D eigenvalue weighted by molar-refractivity contribution is 6.74. The van der Waals surface area contributed by atoms with Crippen molar-refractivity contribution >= 4 is 14.0 Å². The molecular weight excluding hydrogens is 341 g/mol. The predicted molar refractivity (Wildman–Crippen MR) is 98.0 cm³/mol. The third-order valence-electron chi connectivity index (χ3n) is 5.26. The summed E-state index contributed by atoms with van der Waals surface area (Å²) in [7, 11) is -1.88. The summed E-state index contributed by atoms with van der Waals surface area (Å²) in [6, 6.07) is 3.32. The van der Waals surface area contributed by atoms with E-state index < -0.39 is 19.1 Å². The zero-order chi connectivity index (χ0) is 18.8. The number of hydrogen-bond acceptors (Lipinski definition) is 4. The molecule has 5 nitrogen and oxygen atoms in total. The van der Waals surface area contributed by atoms with E-state index in [9.17, 15) is 14.5 Å². The molecule has 1 saturated carbocycles. The van der Waals surface area contributed by atoms with Crippen LogP contribution in [0.1, 0.15) is 46.5 Å². The highest BCUT2D eigenvalue weighted by atomic mass is 28.4. The van der Waals surface area contributed by atoms with Gasteiger partial charge in [-0.25, -0.2) is 4.39 Å². The smallest absolute Gasteiger partial charge is 0.311 e. The molecule has 7 heteroatoms. The van der Waals surface area contributed by atoms with Crippen LogP contribution in [-0.4, -0.2) is 25.4 Å². The zero-order valence-electron chi connectivity index (χ0n) is 15.7. The lowest BCUT2D eigenvalue weighted by molar-refractivity contribution is -0.386. The molecule has 0 unspecified atom stereocenters. The van der Waals surface area contributed by atoms with E-state index in [2.05, 4.69) is 33.9 Å². The van der Waals surface area contributed by atoms with Gasteiger partial charge in [-0.3, -0.25) is 10.1 Å². The number of rotatable bonds is 5. The van der Waals surface area contributed by atoms with Crippen LogP contribution in [0.5, 0.6) is 5.75 Å². The SMILES string of the molecule is CC(C)(C)[Si](C)(C)O[C@@H]1CCC[C@@H](Oc2cc(F)ccc2[N+](=O)[O-])C1. The van der Waals surface area contributed by atoms with Gasteiger partial charge in [-0.1, -0.05) is 20.8 Å². The van der Waals surface area contributed by atoms with Gasteiger partial charge in [0, 0.05) is 24.7 Å². The van der Waals surface area contributed by atoms with Crippen LogP contribution < -0.4 is 4.74 Å². The van der Waals surface area contributed by atoms with E-state index in [1.54, 1.807) is 0 Å². The van der Waals surface area contributed by atoms with Crippen LogP contribution in [-0.2, 0) is 4.43 Å². The first-order chi connectivity index (χ1) is 11.5. The van der Waals surface area contributed by atoms with Gasteiger partial charge < -0.3 is 9.16 Å². The molecule has 1 aliphatic rings. The van der Waals surface area contributed by atoms with Crippen LogP contribution in [0.3, 0.4) is 0 Å². The van der Waals surface area contributed by atoms with Gasteiger partial charge in [0.25, 0.3) is 0 Å². The fourth-order valence-electron chi connectivity index (χ4n) is 2.82. The second-order valence-corrected chi connectivity index (χ2v) is 13.0. The first-order valence-electron chi connectivity index (χ1n) is 8.78. The zero-order valence-corrected chi connectivity index (χ0v) is 16.7. The number of benzene rings is 1. The van der Waals surface area contributed by atoms with Crippen molar-refractivity contribution in [1.29, 1.82) is 0 Å². The van der Waals surface area contributed by atoms with Gasteiger partial charge in [-0.15, -0.1) is 0 Å². The van der Waals surface area contributed by atoms with Crippen molar-refractivity contribution in [3.63, 3.8) is 0 Å². The lowest BCUT2D eigenvalue weighted by Crippen LogP contribution is -2.45. The standard InChI is InChI=1S/C18H28FNO4Si/c1-18(2,3)25(4,5)24-15-8-6-7-14(12-15)23-17-11-13(19)9-10-16(17)20(21)22/h9-11,14-15H,6-8,12H2,1-5H3/t14-,15-/m1/s1. The quantitative estimate of drug-likeness (QED) is 0.393. The van der Waals surface area contributed by atoms with E-state index in [4.69, 9.17) is 9.16 Å². The van der Waals surface area contributed by atoms with Crippen molar-refractivity contribution in [1.82, 2.24) is 0 Å². The van der Waals surface area contributed by atoms with Gasteiger partial charge in [-0.05, 0) is 43.5 Å². The van der Waals surface area contributed by atoms with E-state index in [0.29, 0.717) is 6.42 Å². The molecule has 0 aromatic heterocycles. The fraction of sp³-hybridized carbons (Fsp3) is 0.667. The average Bonchev–Trinajstić information content (AvgIpc) is 2.45. The molecule has 1 fully saturated rings. The van der Waals surface area contributed by atoms with Crippen molar-refractivity contribution in [2.24, 2.45) is 0 Å². The van der Waals surface area contributed by atoms with Crippen LogP contribution >= 0.6 is 0 Å². The van der Waals surface area contributed by atoms with Crippen molar-refractivity contribution in [2.45, 2.75) is 76.8 Å². The average molecular weight is 370 g/mol. The summed E-state index contributed by atoms with van der Waals surface area (Å²) in [6.45, 7) is 11.0. The maximum Gasteiger partial charge on any atom is 0.311 e. The van der Waals surface area contributed by atoms with Gasteiger partial charge in [-0.2, -0.15) is 0 Å². The minimum absolute atomic E-state index is 0.00276. The number of nitrogens with zero attached hydrogens (tertiary/aromatic N) is 1. The fourth-order valence-corrected chi connectivity index (χ4v) is 4.22. The molecule has 0 heterocycles. The van der Waals surface area contributed by atoms with Crippen LogP contribution in [0, 0.1) is 15.9 Å². The van der Waals surface area contributed by atoms with E-state index in [1.807, 2.05) is 0 Å². The number of halogens is 1. The topological polar surface area (TPSA) is 61.6 Å². The lowest BCUT2D eigenvalue weighted by atomic mass is 9.95. The largest absolute Gasteiger partial charge is 0.483 e. The molecular formula is C18H28FNO4Si. The second kappa shape index (κ2) is 7.41. The molecule has 2 atom stereocenters. The van der Waals surface area contributed by atoms with E-state index >= 15 is 0 Å². The van der Waals surface area contributed by atoms with Crippen LogP contribution in [0.4, 0.5) is 10.1 Å². The summed E-state index contributed by atoms with van der Waals surface area (Å²) in [5.41, 5.74) is -0.200. The maximum absolute atomic E-state index is 13.5. The van der Waals surface area contributed by atoms with Gasteiger partial charge in [0.2, 0.25) is 0 Å². The Morgan fingerprint density at radius 3 is 2.48 bits per heavy atom. The van der Waals surface area contributed by atoms with Crippen molar-refractivity contribution < 1.29 is 18.5 Å². The minimum Gasteiger partial charge on any atom is -0.483 e. The molecule has 1 aliphatic carbocycles. The third-order valence-corrected chi connectivity index (χ3v) is 9.79. The molecule has 1 aromatic rings. The Bertz CT molecular complexity index is 630. The number of nitro groups is 1. The van der Waals surface area contributed by atoms with Crippen LogP contribution in [0.15, 0.2) is 18.2 Å². The second-order valence-electron chi connectivity index (χ2n) is 8.28. The summed E-state index contributed by atoms with van der Waals surface area (Å²) >= 11 is 0. The Morgan fingerprint density at radius 2 is 1.88 bits per heavy atom. The van der Waals surface area contributed by atoms with Crippen molar-refractivity contribution in [2.75, 3.05) is 0 Å². The van der Waals surface area contributed by atoms with Crippen molar-refractivity contribution in [3.8, 4) is 5.75 Å². The number of hydrogen-bond donors (Lipinski definition) is 0. The molecule has 25 heavy (non-hydrogen) atoms. The Hall–Kier alpha value is -1.47. The van der Waals surface area contributed by atoms with Crippen molar-refractivity contribution in [3.05, 3.63) is 34.1 Å². The lowest BCUT2D eigenvalue weighted by Gasteiger charge is -2.41.